The van der Waals surface area contributed by atoms with Crippen molar-refractivity contribution in [3.05, 3.63) is 82.4 Å². The molecule has 0 radical (unpaired) electrons. The molecule has 6 rings (SSSR count). The second kappa shape index (κ2) is 19.7. The van der Waals surface area contributed by atoms with Gasteiger partial charge in [0.15, 0.2) is 69.2 Å². The summed E-state index contributed by atoms with van der Waals surface area (Å²) in [6.45, 7) is 9.40. The molecule has 4 heterocycles. The molecular formula is C40H42F4N10O6. The summed E-state index contributed by atoms with van der Waals surface area (Å²) in [6, 6.07) is 9.85. The molecule has 0 unspecified atom stereocenters. The summed E-state index contributed by atoms with van der Waals surface area (Å²) < 4.78 is 65.1. The largest absolute Gasteiger partial charge is 0.487 e. The van der Waals surface area contributed by atoms with Crippen molar-refractivity contribution in [3.8, 4) is 23.6 Å². The maximum Gasteiger partial charge on any atom is 0.357 e. The zero-order valence-corrected chi connectivity index (χ0v) is 33.0. The van der Waals surface area contributed by atoms with Crippen LogP contribution in [0.2, 0.25) is 0 Å². The first-order valence-electron chi connectivity index (χ1n) is 18.9. The van der Waals surface area contributed by atoms with Crippen molar-refractivity contribution in [3.63, 3.8) is 0 Å². The molecule has 20 heteroatoms. The van der Waals surface area contributed by atoms with Crippen molar-refractivity contribution in [1.29, 1.82) is 10.5 Å². The maximum atomic E-state index is 13.8. The highest BCUT2D eigenvalue weighted by molar-refractivity contribution is 5.89. The predicted octanol–water partition coefficient (Wildman–Crippen LogP) is 6.39. The van der Waals surface area contributed by atoms with Gasteiger partial charge in [0.1, 0.15) is 36.0 Å². The minimum atomic E-state index is -1.33. The third-order valence-corrected chi connectivity index (χ3v) is 9.08. The molecule has 0 amide bonds. The van der Waals surface area contributed by atoms with Gasteiger partial charge in [-0.25, -0.2) is 47.1 Å². The number of benzene rings is 2. The number of aromatic nitrogens is 4. The molecule has 16 nitrogen and oxygen atoms in total. The number of halogens is 4. The van der Waals surface area contributed by atoms with E-state index in [1.165, 1.54) is 12.1 Å². The lowest BCUT2D eigenvalue weighted by Gasteiger charge is -2.34. The Hall–Kier alpha value is -6.96. The molecule has 2 saturated heterocycles. The highest BCUT2D eigenvalue weighted by Crippen LogP contribution is 2.31. The van der Waals surface area contributed by atoms with Crippen LogP contribution in [0, 0.1) is 45.9 Å². The number of carboxylic acids is 2. The first kappa shape index (κ1) is 44.1. The van der Waals surface area contributed by atoms with Crippen molar-refractivity contribution in [2.45, 2.75) is 77.7 Å². The van der Waals surface area contributed by atoms with Gasteiger partial charge in [0.2, 0.25) is 0 Å². The van der Waals surface area contributed by atoms with Gasteiger partial charge in [-0.2, -0.15) is 10.5 Å². The SMILES string of the molecule is CC(C)Nc1nc(C#N)c(C(=O)O)nc1N1CCC(Oc2ccc(F)cc2F)CC1.CC(C)Nc1nc(C(=O)O)c(C#N)nc1N1CCC(Oc2ccc(F)cc2F)CC1. The van der Waals surface area contributed by atoms with E-state index in [2.05, 4.69) is 30.6 Å². The van der Waals surface area contributed by atoms with Crippen LogP contribution in [-0.4, -0.2) is 92.6 Å². The van der Waals surface area contributed by atoms with Gasteiger partial charge < -0.3 is 40.1 Å². The molecule has 2 aliphatic heterocycles. The third-order valence-electron chi connectivity index (χ3n) is 9.08. The molecule has 0 bridgehead atoms. The summed E-state index contributed by atoms with van der Waals surface area (Å²) in [7, 11) is 0. The molecule has 60 heavy (non-hydrogen) atoms. The fourth-order valence-corrected chi connectivity index (χ4v) is 6.36. The van der Waals surface area contributed by atoms with E-state index in [0.717, 1.165) is 24.3 Å². The number of nitriles is 2. The molecule has 4 N–H and O–H groups in total. The molecule has 2 fully saturated rings. The Kier molecular flexibility index (Phi) is 14.5. The van der Waals surface area contributed by atoms with E-state index < -0.39 is 46.6 Å². The summed E-state index contributed by atoms with van der Waals surface area (Å²) in [5.74, 6) is -4.20. The predicted molar refractivity (Wildman–Crippen MR) is 209 cm³/mol. The number of carbonyl (C=O) groups is 2. The Labute approximate surface area is 342 Å². The first-order valence-corrected chi connectivity index (χ1v) is 18.9. The van der Waals surface area contributed by atoms with Gasteiger partial charge >= 0.3 is 11.9 Å². The van der Waals surface area contributed by atoms with Crippen LogP contribution >= 0.6 is 0 Å². The maximum absolute atomic E-state index is 13.8. The van der Waals surface area contributed by atoms with E-state index in [4.69, 9.17) is 9.47 Å². The molecular weight excluding hydrogens is 792 g/mol. The number of anilines is 4. The lowest BCUT2D eigenvalue weighted by atomic mass is 10.1. The lowest BCUT2D eigenvalue weighted by molar-refractivity contribution is 0.0679. The minimum absolute atomic E-state index is 0.00520. The van der Waals surface area contributed by atoms with E-state index >= 15 is 0 Å². The normalized spacial score (nSPS) is 14.5. The van der Waals surface area contributed by atoms with Gasteiger partial charge in [-0.3, -0.25) is 0 Å². The Balaban J connectivity index is 0.000000228. The second-order valence-corrected chi connectivity index (χ2v) is 14.4. The third kappa shape index (κ3) is 11.2. The van der Waals surface area contributed by atoms with Crippen molar-refractivity contribution in [2.75, 3.05) is 46.6 Å². The number of aromatic carboxylic acids is 2. The quantitative estimate of drug-likeness (QED) is 0.114. The number of ether oxygens (including phenoxy) is 2. The molecule has 2 aromatic carbocycles. The highest BCUT2D eigenvalue weighted by atomic mass is 19.1. The van der Waals surface area contributed by atoms with Crippen LogP contribution in [0.4, 0.5) is 40.8 Å². The van der Waals surface area contributed by atoms with Crippen LogP contribution in [0.1, 0.15) is 85.7 Å². The van der Waals surface area contributed by atoms with Crippen LogP contribution < -0.4 is 29.9 Å². The zero-order valence-electron chi connectivity index (χ0n) is 33.0. The number of nitrogens with zero attached hydrogens (tertiary/aromatic N) is 8. The van der Waals surface area contributed by atoms with Crippen LogP contribution in [0.3, 0.4) is 0 Å². The molecule has 4 aromatic rings. The van der Waals surface area contributed by atoms with E-state index in [-0.39, 0.29) is 53.0 Å². The van der Waals surface area contributed by atoms with Gasteiger partial charge in [-0.05, 0) is 52.0 Å². The van der Waals surface area contributed by atoms with Gasteiger partial charge in [-0.15, -0.1) is 0 Å². The van der Waals surface area contributed by atoms with Gasteiger partial charge in [0, 0.05) is 76.1 Å². The Morgan fingerprint density at radius 2 is 1.05 bits per heavy atom. The minimum Gasteiger partial charge on any atom is -0.487 e. The second-order valence-electron chi connectivity index (χ2n) is 14.4. The molecule has 2 aromatic heterocycles. The zero-order chi connectivity index (χ0) is 43.7. The summed E-state index contributed by atoms with van der Waals surface area (Å²) >= 11 is 0. The van der Waals surface area contributed by atoms with Crippen LogP contribution in [0.5, 0.6) is 11.5 Å². The summed E-state index contributed by atoms with van der Waals surface area (Å²) in [5.41, 5.74) is -1.35. The number of piperidine rings is 2. The molecule has 0 spiro atoms. The standard InChI is InChI=1S/2C20H21F2N5O3/c1-11(2)24-18-19(25-15(10-23)17(26-18)20(28)29)27-7-5-13(6-8-27)30-16-4-3-12(21)9-14(16)22;1-11(2)24-18-19(26-17(20(28)29)15(10-23)25-18)27-7-5-13(6-8-27)30-16-4-3-12(21)9-14(16)22/h3-4,9,11,13H,5-8H2,1-2H3,(H,24,26)(H,28,29);3-4,9,11,13H,5-8H2,1-2H3,(H,24,25)(H,28,29). The molecule has 316 valence electrons. The molecule has 0 aliphatic carbocycles. The van der Waals surface area contributed by atoms with Crippen LogP contribution in [0.15, 0.2) is 36.4 Å². The summed E-state index contributed by atoms with van der Waals surface area (Å²) in [5, 5.41) is 43.3. The number of carboxylic acid groups (broad SMARTS) is 2. The summed E-state index contributed by atoms with van der Waals surface area (Å²) in [6.07, 6.45) is 1.53. The van der Waals surface area contributed by atoms with Gasteiger partial charge in [0.05, 0.1) is 0 Å². The van der Waals surface area contributed by atoms with Crippen LogP contribution in [-0.2, 0) is 0 Å². The molecule has 0 atom stereocenters. The van der Waals surface area contributed by atoms with Crippen molar-refractivity contribution in [1.82, 2.24) is 19.9 Å². The van der Waals surface area contributed by atoms with Crippen LogP contribution in [0.25, 0.3) is 0 Å². The average molecular weight is 835 g/mol. The number of hydrogen-bond acceptors (Lipinski definition) is 14. The van der Waals surface area contributed by atoms with Crippen molar-refractivity contribution < 1.29 is 46.8 Å². The number of hydrogen-bond donors (Lipinski definition) is 4. The molecule has 0 saturated carbocycles. The van der Waals surface area contributed by atoms with Crippen molar-refractivity contribution in [2.24, 2.45) is 0 Å². The highest BCUT2D eigenvalue weighted by Gasteiger charge is 2.29. The lowest BCUT2D eigenvalue weighted by Crippen LogP contribution is -2.39. The Bertz CT molecular complexity index is 2290. The summed E-state index contributed by atoms with van der Waals surface area (Å²) in [4.78, 5) is 43.3. The smallest absolute Gasteiger partial charge is 0.357 e. The number of nitrogens with one attached hydrogen (secondary N) is 2. The fraction of sp³-hybridized carbons (Fsp3) is 0.400. The van der Waals surface area contributed by atoms with E-state index in [1.807, 2.05) is 37.5 Å². The van der Waals surface area contributed by atoms with E-state index in [1.54, 1.807) is 12.1 Å². The average Bonchev–Trinajstić information content (AvgIpc) is 3.20. The topological polar surface area (TPSA) is 223 Å². The van der Waals surface area contributed by atoms with Crippen molar-refractivity contribution >= 4 is 35.2 Å². The molecule has 2 aliphatic rings. The fourth-order valence-electron chi connectivity index (χ4n) is 6.36. The Morgan fingerprint density at radius 3 is 1.43 bits per heavy atom. The van der Waals surface area contributed by atoms with E-state index in [0.29, 0.717) is 69.3 Å². The van der Waals surface area contributed by atoms with Gasteiger partial charge in [-0.1, -0.05) is 0 Å². The first-order chi connectivity index (χ1) is 28.6. The Morgan fingerprint density at radius 1 is 0.667 bits per heavy atom. The van der Waals surface area contributed by atoms with Gasteiger partial charge in [0.25, 0.3) is 0 Å². The van der Waals surface area contributed by atoms with E-state index in [9.17, 15) is 47.9 Å². The number of rotatable bonds is 12. The monoisotopic (exact) mass is 834 g/mol.